The summed E-state index contributed by atoms with van der Waals surface area (Å²) in [7, 11) is 0. The number of fused-ring (bicyclic) bond motifs is 1. The van der Waals surface area contributed by atoms with Gasteiger partial charge in [-0.3, -0.25) is 14.9 Å². The summed E-state index contributed by atoms with van der Waals surface area (Å²) in [5, 5.41) is 11.6. The van der Waals surface area contributed by atoms with E-state index in [1.54, 1.807) is 22.9 Å². The van der Waals surface area contributed by atoms with Gasteiger partial charge in [0.25, 0.3) is 5.69 Å². The van der Waals surface area contributed by atoms with Crippen molar-refractivity contribution in [1.82, 2.24) is 9.47 Å². The highest BCUT2D eigenvalue weighted by atomic mass is 16.6. The number of aromatic nitrogens is 1. The third-order valence-electron chi connectivity index (χ3n) is 3.94. The van der Waals surface area contributed by atoms with E-state index in [2.05, 4.69) is 0 Å². The van der Waals surface area contributed by atoms with Crippen molar-refractivity contribution in [2.75, 3.05) is 6.54 Å². The van der Waals surface area contributed by atoms with E-state index in [4.69, 9.17) is 0 Å². The Kier molecular flexibility index (Phi) is 3.37. The molecule has 21 heavy (non-hydrogen) atoms. The number of benzene rings is 1. The lowest BCUT2D eigenvalue weighted by Crippen LogP contribution is -2.35. The van der Waals surface area contributed by atoms with Crippen molar-refractivity contribution in [2.45, 2.75) is 32.4 Å². The SMILES string of the molecule is CCN(C(=O)Cn1ccc2c([N+](=O)[O-])cccc21)C1CC1. The molecule has 1 amide bonds. The monoisotopic (exact) mass is 287 g/mol. The zero-order chi connectivity index (χ0) is 15.0. The number of nitro benzene ring substituents is 1. The molecule has 0 saturated heterocycles. The highest BCUT2D eigenvalue weighted by Crippen LogP contribution is 2.28. The smallest absolute Gasteiger partial charge is 0.278 e. The Labute approximate surface area is 122 Å². The molecule has 0 aliphatic heterocycles. The van der Waals surface area contributed by atoms with Gasteiger partial charge in [-0.25, -0.2) is 0 Å². The summed E-state index contributed by atoms with van der Waals surface area (Å²) in [6.45, 7) is 2.92. The molecule has 1 aromatic heterocycles. The normalized spacial score (nSPS) is 14.3. The zero-order valence-electron chi connectivity index (χ0n) is 11.9. The van der Waals surface area contributed by atoms with Gasteiger partial charge in [0.05, 0.1) is 15.8 Å². The molecule has 0 atom stereocenters. The van der Waals surface area contributed by atoms with Crippen molar-refractivity contribution in [3.63, 3.8) is 0 Å². The Morgan fingerprint density at radius 3 is 2.81 bits per heavy atom. The molecule has 0 spiro atoms. The standard InChI is InChI=1S/C15H17N3O3/c1-2-17(11-6-7-11)15(19)10-16-9-8-12-13(16)4-3-5-14(12)18(20)21/h3-5,8-9,11H,2,6-7,10H2,1H3. The zero-order valence-corrected chi connectivity index (χ0v) is 11.9. The molecule has 6 heteroatoms. The Morgan fingerprint density at radius 1 is 1.43 bits per heavy atom. The van der Waals surface area contributed by atoms with Gasteiger partial charge in [-0.15, -0.1) is 0 Å². The quantitative estimate of drug-likeness (QED) is 0.627. The molecule has 1 fully saturated rings. The van der Waals surface area contributed by atoms with E-state index in [9.17, 15) is 14.9 Å². The molecular weight excluding hydrogens is 270 g/mol. The van der Waals surface area contributed by atoms with Gasteiger partial charge in [0.15, 0.2) is 0 Å². The molecule has 0 unspecified atom stereocenters. The maximum atomic E-state index is 12.4. The predicted octanol–water partition coefficient (Wildman–Crippen LogP) is 2.56. The fourth-order valence-corrected chi connectivity index (χ4v) is 2.77. The average Bonchev–Trinajstić information content (AvgIpc) is 3.21. The minimum atomic E-state index is -0.392. The van der Waals surface area contributed by atoms with Crippen LogP contribution in [-0.4, -0.2) is 32.9 Å². The number of amides is 1. The Balaban J connectivity index is 1.89. The third kappa shape index (κ3) is 2.49. The van der Waals surface area contributed by atoms with Crippen molar-refractivity contribution in [3.8, 4) is 0 Å². The second-order valence-corrected chi connectivity index (χ2v) is 5.32. The summed E-state index contributed by atoms with van der Waals surface area (Å²) in [6.07, 6.45) is 3.91. The van der Waals surface area contributed by atoms with Crippen LogP contribution in [0, 0.1) is 10.1 Å². The van der Waals surface area contributed by atoms with Crippen molar-refractivity contribution in [3.05, 3.63) is 40.6 Å². The van der Waals surface area contributed by atoms with Crippen LogP contribution in [0.2, 0.25) is 0 Å². The molecule has 1 heterocycles. The minimum absolute atomic E-state index is 0.0732. The molecule has 1 aliphatic carbocycles. The molecule has 0 bridgehead atoms. The molecule has 6 nitrogen and oxygen atoms in total. The number of nitrogens with zero attached hydrogens (tertiary/aromatic N) is 3. The number of likely N-dealkylation sites (N-methyl/N-ethyl adjacent to an activating group) is 1. The number of hydrogen-bond donors (Lipinski definition) is 0. The van der Waals surface area contributed by atoms with Gasteiger partial charge in [0.2, 0.25) is 5.91 Å². The van der Waals surface area contributed by atoms with E-state index in [0.29, 0.717) is 18.0 Å². The van der Waals surface area contributed by atoms with Gasteiger partial charge in [-0.05, 0) is 31.9 Å². The molecule has 1 aliphatic rings. The summed E-state index contributed by atoms with van der Waals surface area (Å²) in [4.78, 5) is 24.9. The van der Waals surface area contributed by atoms with Crippen LogP contribution in [0.15, 0.2) is 30.5 Å². The van der Waals surface area contributed by atoms with E-state index < -0.39 is 4.92 Å². The van der Waals surface area contributed by atoms with Gasteiger partial charge < -0.3 is 9.47 Å². The molecule has 110 valence electrons. The molecular formula is C15H17N3O3. The topological polar surface area (TPSA) is 68.4 Å². The summed E-state index contributed by atoms with van der Waals surface area (Å²) in [5.41, 5.74) is 0.803. The van der Waals surface area contributed by atoms with Crippen molar-refractivity contribution >= 4 is 22.5 Å². The highest BCUT2D eigenvalue weighted by Gasteiger charge is 2.31. The minimum Gasteiger partial charge on any atom is -0.338 e. The van der Waals surface area contributed by atoms with Crippen LogP contribution in [-0.2, 0) is 11.3 Å². The Hall–Kier alpha value is -2.37. The lowest BCUT2D eigenvalue weighted by atomic mass is 10.2. The van der Waals surface area contributed by atoms with Gasteiger partial charge in [0.1, 0.15) is 6.54 Å². The summed E-state index contributed by atoms with van der Waals surface area (Å²) < 4.78 is 1.79. The van der Waals surface area contributed by atoms with Crippen molar-refractivity contribution in [2.24, 2.45) is 0 Å². The summed E-state index contributed by atoms with van der Waals surface area (Å²) in [5.74, 6) is 0.0732. The summed E-state index contributed by atoms with van der Waals surface area (Å²) in [6, 6.07) is 7.03. The maximum absolute atomic E-state index is 12.4. The first-order valence-electron chi connectivity index (χ1n) is 7.13. The summed E-state index contributed by atoms with van der Waals surface area (Å²) >= 11 is 0. The van der Waals surface area contributed by atoms with Crippen LogP contribution >= 0.6 is 0 Å². The van der Waals surface area contributed by atoms with Crippen molar-refractivity contribution in [1.29, 1.82) is 0 Å². The van der Waals surface area contributed by atoms with Gasteiger partial charge in [0, 0.05) is 24.8 Å². The molecule has 1 aromatic carbocycles. The molecule has 3 rings (SSSR count). The first-order valence-corrected chi connectivity index (χ1v) is 7.13. The number of carbonyl (C=O) groups excluding carboxylic acids is 1. The second kappa shape index (κ2) is 5.20. The lowest BCUT2D eigenvalue weighted by Gasteiger charge is -2.20. The van der Waals surface area contributed by atoms with Crippen LogP contribution in [0.4, 0.5) is 5.69 Å². The van der Waals surface area contributed by atoms with Crippen LogP contribution in [0.3, 0.4) is 0 Å². The number of rotatable bonds is 5. The van der Waals surface area contributed by atoms with Crippen molar-refractivity contribution < 1.29 is 9.72 Å². The largest absolute Gasteiger partial charge is 0.338 e. The fraction of sp³-hybridized carbons (Fsp3) is 0.400. The van der Waals surface area contributed by atoms with Crippen LogP contribution in [0.1, 0.15) is 19.8 Å². The van der Waals surface area contributed by atoms with Gasteiger partial charge in [-0.2, -0.15) is 0 Å². The van der Waals surface area contributed by atoms with Crippen LogP contribution < -0.4 is 0 Å². The fourth-order valence-electron chi connectivity index (χ4n) is 2.77. The molecule has 2 aromatic rings. The van der Waals surface area contributed by atoms with Gasteiger partial charge in [-0.1, -0.05) is 6.07 Å². The Bertz CT molecular complexity index is 703. The Morgan fingerprint density at radius 2 is 2.19 bits per heavy atom. The number of non-ortho nitro benzene ring substituents is 1. The van der Waals surface area contributed by atoms with E-state index in [0.717, 1.165) is 18.4 Å². The highest BCUT2D eigenvalue weighted by molar-refractivity contribution is 5.90. The first-order chi connectivity index (χ1) is 10.1. The van der Waals surface area contributed by atoms with E-state index in [-0.39, 0.29) is 18.1 Å². The third-order valence-corrected chi connectivity index (χ3v) is 3.94. The van der Waals surface area contributed by atoms with E-state index in [1.807, 2.05) is 17.9 Å². The first kappa shape index (κ1) is 13.6. The average molecular weight is 287 g/mol. The van der Waals surface area contributed by atoms with Crippen LogP contribution in [0.25, 0.3) is 10.9 Å². The molecule has 1 saturated carbocycles. The molecule has 0 N–H and O–H groups in total. The van der Waals surface area contributed by atoms with E-state index in [1.165, 1.54) is 6.07 Å². The molecule has 0 radical (unpaired) electrons. The predicted molar refractivity (Wildman–Crippen MR) is 79.0 cm³/mol. The number of carbonyl (C=O) groups is 1. The van der Waals surface area contributed by atoms with E-state index >= 15 is 0 Å². The van der Waals surface area contributed by atoms with Gasteiger partial charge >= 0.3 is 0 Å². The van der Waals surface area contributed by atoms with Crippen LogP contribution in [0.5, 0.6) is 0 Å². The number of nitro groups is 1. The second-order valence-electron chi connectivity index (χ2n) is 5.32. The maximum Gasteiger partial charge on any atom is 0.278 e. The number of hydrogen-bond acceptors (Lipinski definition) is 3. The lowest BCUT2D eigenvalue weighted by molar-refractivity contribution is -0.383.